The minimum atomic E-state index is -0.329. The molecule has 0 aliphatic carbocycles. The van der Waals surface area contributed by atoms with Crippen LogP contribution in [0.25, 0.3) is 10.9 Å². The Bertz CT molecular complexity index is 1270. The van der Waals surface area contributed by atoms with Crippen molar-refractivity contribution in [3.63, 3.8) is 0 Å². The average molecular weight is 460 g/mol. The molecule has 0 aliphatic heterocycles. The molecule has 2 aromatic carbocycles. The van der Waals surface area contributed by atoms with Crippen LogP contribution in [0.4, 0.5) is 0 Å². The zero-order chi connectivity index (χ0) is 23.2. The van der Waals surface area contributed by atoms with Crippen molar-refractivity contribution < 1.29 is 4.79 Å². The molecule has 4 rings (SSSR count). The third-order valence-electron chi connectivity index (χ3n) is 5.89. The van der Waals surface area contributed by atoms with Gasteiger partial charge in [-0.05, 0) is 48.9 Å². The van der Waals surface area contributed by atoms with Gasteiger partial charge >= 0.3 is 0 Å². The smallest absolute Gasteiger partial charge is 0.261 e. The van der Waals surface area contributed by atoms with Gasteiger partial charge in [-0.25, -0.2) is 4.98 Å². The number of benzene rings is 2. The van der Waals surface area contributed by atoms with E-state index >= 15 is 0 Å². The minimum Gasteiger partial charge on any atom is -0.332 e. The first-order valence-corrected chi connectivity index (χ1v) is 12.3. The zero-order valence-corrected chi connectivity index (χ0v) is 19.9. The van der Waals surface area contributed by atoms with Crippen molar-refractivity contribution in [3.8, 4) is 0 Å². The highest BCUT2D eigenvalue weighted by atomic mass is 32.1. The van der Waals surface area contributed by atoms with Crippen molar-refractivity contribution in [1.82, 2.24) is 14.5 Å². The lowest BCUT2D eigenvalue weighted by Crippen LogP contribution is -2.39. The summed E-state index contributed by atoms with van der Waals surface area (Å²) >= 11 is 1.59. The highest BCUT2D eigenvalue weighted by Gasteiger charge is 2.26. The van der Waals surface area contributed by atoms with Crippen molar-refractivity contribution in [2.75, 3.05) is 6.54 Å². The maximum atomic E-state index is 13.5. The molecule has 5 nitrogen and oxygen atoms in total. The molecule has 0 spiro atoms. The lowest BCUT2D eigenvalue weighted by molar-refractivity contribution is -0.132. The van der Waals surface area contributed by atoms with E-state index in [-0.39, 0.29) is 17.5 Å². The summed E-state index contributed by atoms with van der Waals surface area (Å²) in [5, 5.41) is 2.60. The number of hydrogen-bond acceptors (Lipinski definition) is 4. The van der Waals surface area contributed by atoms with Gasteiger partial charge in [-0.1, -0.05) is 55.5 Å². The number of thiophene rings is 1. The molecule has 2 heterocycles. The van der Waals surface area contributed by atoms with Crippen LogP contribution in [-0.2, 0) is 24.2 Å². The van der Waals surface area contributed by atoms with Crippen molar-refractivity contribution in [2.45, 2.75) is 45.7 Å². The summed E-state index contributed by atoms with van der Waals surface area (Å²) in [4.78, 5) is 34.6. The first-order valence-electron chi connectivity index (χ1n) is 11.4. The van der Waals surface area contributed by atoms with Gasteiger partial charge in [0.05, 0.1) is 23.4 Å². The van der Waals surface area contributed by atoms with E-state index in [0.29, 0.717) is 36.2 Å². The maximum Gasteiger partial charge on any atom is 0.261 e. The van der Waals surface area contributed by atoms with Gasteiger partial charge in [-0.3, -0.25) is 14.2 Å². The molecule has 0 radical (unpaired) electrons. The molecule has 0 N–H and O–H groups in total. The van der Waals surface area contributed by atoms with Crippen molar-refractivity contribution in [1.29, 1.82) is 0 Å². The molecule has 2 aromatic heterocycles. The molecule has 1 atom stereocenters. The second-order valence-corrected chi connectivity index (χ2v) is 9.23. The zero-order valence-electron chi connectivity index (χ0n) is 19.1. The monoisotopic (exact) mass is 459 g/mol. The Morgan fingerprint density at radius 1 is 1.06 bits per heavy atom. The van der Waals surface area contributed by atoms with E-state index < -0.39 is 0 Å². The molecule has 33 heavy (non-hydrogen) atoms. The van der Waals surface area contributed by atoms with E-state index in [4.69, 9.17) is 4.98 Å². The SMILES string of the molecule is CCCn1c(C(C)N(CCc2ccccc2)C(=O)Cc2cccs2)nc2ccccc2c1=O. The first-order chi connectivity index (χ1) is 16.1. The highest BCUT2D eigenvalue weighted by molar-refractivity contribution is 7.10. The van der Waals surface area contributed by atoms with Crippen LogP contribution in [0.3, 0.4) is 0 Å². The van der Waals surface area contributed by atoms with Crippen LogP contribution in [0, 0.1) is 0 Å². The number of carbonyl (C=O) groups is 1. The molecule has 0 saturated carbocycles. The summed E-state index contributed by atoms with van der Waals surface area (Å²) in [6.07, 6.45) is 1.90. The number of nitrogens with zero attached hydrogens (tertiary/aromatic N) is 3. The van der Waals surface area contributed by atoms with Gasteiger partial charge in [0, 0.05) is 18.0 Å². The van der Waals surface area contributed by atoms with Gasteiger partial charge in [0.2, 0.25) is 5.91 Å². The quantitative estimate of drug-likeness (QED) is 0.344. The third kappa shape index (κ3) is 5.22. The van der Waals surface area contributed by atoms with Crippen LogP contribution >= 0.6 is 11.3 Å². The molecule has 0 aliphatic rings. The molecule has 1 amide bonds. The van der Waals surface area contributed by atoms with Crippen LogP contribution in [0.15, 0.2) is 76.9 Å². The normalized spacial score (nSPS) is 12.1. The van der Waals surface area contributed by atoms with Gasteiger partial charge in [0.25, 0.3) is 5.56 Å². The largest absolute Gasteiger partial charge is 0.332 e. The Labute approximate surface area is 198 Å². The van der Waals surface area contributed by atoms with Crippen LogP contribution in [0.1, 0.15) is 42.6 Å². The first kappa shape index (κ1) is 22.9. The van der Waals surface area contributed by atoms with Gasteiger partial charge in [-0.2, -0.15) is 0 Å². The number of aromatic nitrogens is 2. The van der Waals surface area contributed by atoms with Crippen LogP contribution in [0.5, 0.6) is 0 Å². The summed E-state index contributed by atoms with van der Waals surface area (Å²) in [5.41, 5.74) is 1.81. The molecule has 4 aromatic rings. The summed E-state index contributed by atoms with van der Waals surface area (Å²) in [6, 6.07) is 21.2. The Hall–Kier alpha value is -3.25. The fourth-order valence-corrected chi connectivity index (χ4v) is 4.87. The number of hydrogen-bond donors (Lipinski definition) is 0. The molecule has 0 fully saturated rings. The molecular formula is C27H29N3O2S. The van der Waals surface area contributed by atoms with Crippen molar-refractivity contribution in [2.24, 2.45) is 0 Å². The number of rotatable bonds is 9. The fraction of sp³-hybridized carbons (Fsp3) is 0.296. The lowest BCUT2D eigenvalue weighted by atomic mass is 10.1. The molecule has 0 bridgehead atoms. The fourth-order valence-electron chi connectivity index (χ4n) is 4.18. The Morgan fingerprint density at radius 3 is 2.55 bits per heavy atom. The predicted octanol–water partition coefficient (Wildman–Crippen LogP) is 5.24. The molecular weight excluding hydrogens is 430 g/mol. The molecule has 1 unspecified atom stereocenters. The van der Waals surface area contributed by atoms with Crippen LogP contribution in [0.2, 0.25) is 0 Å². The lowest BCUT2D eigenvalue weighted by Gasteiger charge is -2.30. The Kier molecular flexibility index (Phi) is 7.35. The van der Waals surface area contributed by atoms with Gasteiger partial charge in [0.15, 0.2) is 0 Å². The topological polar surface area (TPSA) is 55.2 Å². The summed E-state index contributed by atoms with van der Waals surface area (Å²) < 4.78 is 1.75. The third-order valence-corrected chi connectivity index (χ3v) is 6.77. The van der Waals surface area contributed by atoms with E-state index in [0.717, 1.165) is 17.7 Å². The molecule has 170 valence electrons. The number of para-hydroxylation sites is 1. The average Bonchev–Trinajstić information content (AvgIpc) is 3.34. The van der Waals surface area contributed by atoms with E-state index in [1.165, 1.54) is 5.56 Å². The van der Waals surface area contributed by atoms with Crippen LogP contribution < -0.4 is 5.56 Å². The summed E-state index contributed by atoms with van der Waals surface area (Å²) in [6.45, 7) is 5.16. The molecule has 0 saturated heterocycles. The summed E-state index contributed by atoms with van der Waals surface area (Å²) in [7, 11) is 0. The molecule has 6 heteroatoms. The van der Waals surface area contributed by atoms with E-state index in [9.17, 15) is 9.59 Å². The standard InChI is InChI=1S/C27H29N3O2S/c1-3-16-30-26(28-24-14-8-7-13-23(24)27(30)32)20(2)29(17-15-21-10-5-4-6-11-21)25(31)19-22-12-9-18-33-22/h4-14,18,20H,3,15-17,19H2,1-2H3. The van der Waals surface area contributed by atoms with E-state index in [1.54, 1.807) is 15.9 Å². The summed E-state index contributed by atoms with van der Waals surface area (Å²) in [5.74, 6) is 0.694. The van der Waals surface area contributed by atoms with E-state index in [2.05, 4.69) is 12.1 Å². The second-order valence-electron chi connectivity index (χ2n) is 8.20. The van der Waals surface area contributed by atoms with E-state index in [1.807, 2.05) is 78.7 Å². The van der Waals surface area contributed by atoms with Gasteiger partial charge < -0.3 is 4.90 Å². The Balaban J connectivity index is 1.72. The van der Waals surface area contributed by atoms with Crippen molar-refractivity contribution in [3.05, 3.63) is 98.7 Å². The predicted molar refractivity (Wildman–Crippen MR) is 135 cm³/mol. The van der Waals surface area contributed by atoms with Crippen molar-refractivity contribution >= 4 is 28.1 Å². The number of carbonyl (C=O) groups excluding carboxylic acids is 1. The van der Waals surface area contributed by atoms with Gasteiger partial charge in [-0.15, -0.1) is 11.3 Å². The number of fused-ring (bicyclic) bond motifs is 1. The highest BCUT2D eigenvalue weighted by Crippen LogP contribution is 2.23. The Morgan fingerprint density at radius 2 is 1.82 bits per heavy atom. The maximum absolute atomic E-state index is 13.5. The second kappa shape index (κ2) is 10.6. The van der Waals surface area contributed by atoms with Crippen LogP contribution in [-0.4, -0.2) is 26.9 Å². The van der Waals surface area contributed by atoms with Gasteiger partial charge in [0.1, 0.15) is 5.82 Å². The minimum absolute atomic E-state index is 0.0435. The number of amides is 1.